The van der Waals surface area contributed by atoms with Crippen molar-refractivity contribution in [3.8, 4) is 0 Å². The molecule has 20 heavy (non-hydrogen) atoms. The number of hydrogen-bond acceptors (Lipinski definition) is 4. The van der Waals surface area contributed by atoms with Crippen LogP contribution in [-0.2, 0) is 4.79 Å². The summed E-state index contributed by atoms with van der Waals surface area (Å²) in [6.45, 7) is 5.11. The average molecular weight is 295 g/mol. The van der Waals surface area contributed by atoms with Gasteiger partial charge in [0.05, 0.1) is 5.56 Å². The van der Waals surface area contributed by atoms with Crippen molar-refractivity contribution >= 4 is 23.2 Å². The molecule has 0 saturated carbocycles. The summed E-state index contributed by atoms with van der Waals surface area (Å²) < 4.78 is 0. The molecule has 1 aliphatic rings. The molecule has 1 N–H and O–H groups in total. The molecule has 2 heterocycles. The Morgan fingerprint density at radius 3 is 2.50 bits per heavy atom. The third kappa shape index (κ3) is 3.37. The molecule has 0 radical (unpaired) electrons. The van der Waals surface area contributed by atoms with Crippen LogP contribution >= 0.6 is 11.3 Å². The van der Waals surface area contributed by atoms with Crippen molar-refractivity contribution in [2.24, 2.45) is 5.92 Å². The Morgan fingerprint density at radius 2 is 1.95 bits per heavy atom. The van der Waals surface area contributed by atoms with Gasteiger partial charge in [-0.2, -0.15) is 11.3 Å². The predicted octanol–water partition coefficient (Wildman–Crippen LogP) is 0.888. The summed E-state index contributed by atoms with van der Waals surface area (Å²) in [6, 6.07) is 1.85. The Morgan fingerprint density at radius 1 is 1.30 bits per heavy atom. The van der Waals surface area contributed by atoms with Crippen molar-refractivity contribution < 1.29 is 9.59 Å². The van der Waals surface area contributed by atoms with Gasteiger partial charge in [-0.25, -0.2) is 0 Å². The largest absolute Gasteiger partial charge is 0.339 e. The molecule has 0 aromatic carbocycles. The number of thiophene rings is 1. The predicted molar refractivity (Wildman–Crippen MR) is 79.9 cm³/mol. The number of piperazine rings is 1. The average Bonchev–Trinajstić information content (AvgIpc) is 3.00. The van der Waals surface area contributed by atoms with Crippen molar-refractivity contribution in [1.29, 1.82) is 0 Å². The minimum absolute atomic E-state index is 0.0147. The van der Waals surface area contributed by atoms with Gasteiger partial charge in [-0.3, -0.25) is 9.59 Å². The summed E-state index contributed by atoms with van der Waals surface area (Å²) in [4.78, 5) is 28.1. The van der Waals surface area contributed by atoms with Crippen LogP contribution in [0.2, 0.25) is 0 Å². The van der Waals surface area contributed by atoms with Gasteiger partial charge < -0.3 is 15.1 Å². The molecule has 2 amide bonds. The van der Waals surface area contributed by atoms with E-state index in [2.05, 4.69) is 5.32 Å². The lowest BCUT2D eigenvalue weighted by Gasteiger charge is -2.35. The van der Waals surface area contributed by atoms with Crippen LogP contribution in [0.15, 0.2) is 16.8 Å². The van der Waals surface area contributed by atoms with E-state index in [1.54, 1.807) is 0 Å². The van der Waals surface area contributed by atoms with Crippen LogP contribution in [0.25, 0.3) is 0 Å². The monoisotopic (exact) mass is 295 g/mol. The molecule has 1 aromatic rings. The standard InChI is InChI=1S/C14H21N3O2S/c1-11(9-15-2)13(18)16-4-6-17(7-5-16)14(19)12-3-8-20-10-12/h3,8,10-11,15H,4-7,9H2,1-2H3. The third-order valence-electron chi connectivity index (χ3n) is 3.58. The number of hydrogen-bond donors (Lipinski definition) is 1. The summed E-state index contributed by atoms with van der Waals surface area (Å²) in [6.07, 6.45) is 0. The maximum atomic E-state index is 12.2. The normalized spacial score (nSPS) is 17.1. The van der Waals surface area contributed by atoms with Crippen molar-refractivity contribution in [1.82, 2.24) is 15.1 Å². The third-order valence-corrected chi connectivity index (χ3v) is 4.26. The highest BCUT2D eigenvalue weighted by atomic mass is 32.1. The smallest absolute Gasteiger partial charge is 0.254 e. The number of rotatable bonds is 4. The van der Waals surface area contributed by atoms with Crippen LogP contribution < -0.4 is 5.32 Å². The highest BCUT2D eigenvalue weighted by molar-refractivity contribution is 7.08. The Bertz CT molecular complexity index is 453. The molecule has 1 saturated heterocycles. The highest BCUT2D eigenvalue weighted by Crippen LogP contribution is 2.13. The lowest BCUT2D eigenvalue weighted by molar-refractivity contribution is -0.136. The first-order valence-corrected chi connectivity index (χ1v) is 7.82. The Hall–Kier alpha value is -1.40. The summed E-state index contributed by atoms with van der Waals surface area (Å²) in [5.74, 6) is 0.225. The van der Waals surface area contributed by atoms with Crippen LogP contribution in [0.3, 0.4) is 0 Å². The van der Waals surface area contributed by atoms with Crippen LogP contribution in [0, 0.1) is 5.92 Å². The second kappa shape index (κ2) is 6.85. The van der Waals surface area contributed by atoms with Crippen molar-refractivity contribution in [2.75, 3.05) is 39.8 Å². The van der Waals surface area contributed by atoms with E-state index in [9.17, 15) is 9.59 Å². The Labute approximate surface area is 123 Å². The minimum atomic E-state index is -0.0147. The highest BCUT2D eigenvalue weighted by Gasteiger charge is 2.27. The van der Waals surface area contributed by atoms with Crippen LogP contribution in [0.5, 0.6) is 0 Å². The maximum Gasteiger partial charge on any atom is 0.254 e. The fourth-order valence-electron chi connectivity index (χ4n) is 2.40. The number of carbonyl (C=O) groups is 2. The van der Waals surface area contributed by atoms with E-state index in [0.717, 1.165) is 5.56 Å². The van der Waals surface area contributed by atoms with Gasteiger partial charge in [0, 0.05) is 44.0 Å². The first kappa shape index (κ1) is 15.0. The summed E-state index contributed by atoms with van der Waals surface area (Å²) in [5, 5.41) is 6.80. The summed E-state index contributed by atoms with van der Waals surface area (Å²) in [7, 11) is 1.85. The van der Waals surface area contributed by atoms with E-state index in [0.29, 0.717) is 32.7 Å². The second-order valence-electron chi connectivity index (χ2n) is 5.09. The van der Waals surface area contributed by atoms with E-state index in [-0.39, 0.29) is 17.7 Å². The first-order chi connectivity index (χ1) is 9.63. The topological polar surface area (TPSA) is 52.7 Å². The molecule has 1 aliphatic heterocycles. The van der Waals surface area contributed by atoms with Gasteiger partial charge in [-0.05, 0) is 18.5 Å². The molecule has 6 heteroatoms. The number of amides is 2. The van der Waals surface area contributed by atoms with Gasteiger partial charge in [0.15, 0.2) is 0 Å². The van der Waals surface area contributed by atoms with E-state index < -0.39 is 0 Å². The maximum absolute atomic E-state index is 12.2. The first-order valence-electron chi connectivity index (χ1n) is 6.88. The van der Waals surface area contributed by atoms with Gasteiger partial charge >= 0.3 is 0 Å². The van der Waals surface area contributed by atoms with Crippen molar-refractivity contribution in [2.45, 2.75) is 6.92 Å². The van der Waals surface area contributed by atoms with Gasteiger partial charge in [0.2, 0.25) is 5.91 Å². The molecular formula is C14H21N3O2S. The zero-order chi connectivity index (χ0) is 14.5. The SMILES string of the molecule is CNCC(C)C(=O)N1CCN(C(=O)c2ccsc2)CC1. The quantitative estimate of drug-likeness (QED) is 0.897. The fraction of sp³-hybridized carbons (Fsp3) is 0.571. The molecule has 0 spiro atoms. The molecule has 0 aliphatic carbocycles. The molecule has 1 atom stereocenters. The van der Waals surface area contributed by atoms with Crippen LogP contribution in [-0.4, -0.2) is 61.4 Å². The molecule has 2 rings (SSSR count). The molecule has 1 unspecified atom stereocenters. The number of nitrogens with zero attached hydrogens (tertiary/aromatic N) is 2. The molecule has 1 fully saturated rings. The molecule has 1 aromatic heterocycles. The van der Waals surface area contributed by atoms with Gasteiger partial charge in [-0.1, -0.05) is 6.92 Å². The van der Waals surface area contributed by atoms with Gasteiger partial charge in [0.1, 0.15) is 0 Å². The van der Waals surface area contributed by atoms with E-state index >= 15 is 0 Å². The van der Waals surface area contributed by atoms with Crippen molar-refractivity contribution in [3.05, 3.63) is 22.4 Å². The van der Waals surface area contributed by atoms with Crippen LogP contribution in [0.4, 0.5) is 0 Å². The van der Waals surface area contributed by atoms with Crippen LogP contribution in [0.1, 0.15) is 17.3 Å². The molecule has 110 valence electrons. The summed E-state index contributed by atoms with van der Waals surface area (Å²) >= 11 is 1.53. The zero-order valence-electron chi connectivity index (χ0n) is 12.0. The van der Waals surface area contributed by atoms with E-state index in [1.807, 2.05) is 40.6 Å². The van der Waals surface area contributed by atoms with Gasteiger partial charge in [-0.15, -0.1) is 0 Å². The fourth-order valence-corrected chi connectivity index (χ4v) is 3.03. The molecule has 5 nitrogen and oxygen atoms in total. The number of carbonyl (C=O) groups excluding carboxylic acids is 2. The number of nitrogens with one attached hydrogen (secondary N) is 1. The van der Waals surface area contributed by atoms with E-state index in [4.69, 9.17) is 0 Å². The van der Waals surface area contributed by atoms with Crippen molar-refractivity contribution in [3.63, 3.8) is 0 Å². The summed E-state index contributed by atoms with van der Waals surface area (Å²) in [5.41, 5.74) is 0.748. The lowest BCUT2D eigenvalue weighted by atomic mass is 10.1. The molecule has 0 bridgehead atoms. The molecular weight excluding hydrogens is 274 g/mol. The Kier molecular flexibility index (Phi) is 5.14. The second-order valence-corrected chi connectivity index (χ2v) is 5.87. The minimum Gasteiger partial charge on any atom is -0.339 e. The Balaban J connectivity index is 1.86. The van der Waals surface area contributed by atoms with E-state index in [1.165, 1.54) is 11.3 Å². The zero-order valence-corrected chi connectivity index (χ0v) is 12.8. The van der Waals surface area contributed by atoms with Gasteiger partial charge in [0.25, 0.3) is 5.91 Å². The lowest BCUT2D eigenvalue weighted by Crippen LogP contribution is -2.52.